The first kappa shape index (κ1) is 11.5. The van der Waals surface area contributed by atoms with E-state index in [1.54, 1.807) is 6.07 Å². The number of aryl methyl sites for hydroxylation is 1. The highest BCUT2D eigenvalue weighted by Crippen LogP contribution is 2.23. The number of hydrogen-bond acceptors (Lipinski definition) is 2. The van der Waals surface area contributed by atoms with Gasteiger partial charge in [-0.15, -0.1) is 17.0 Å². The van der Waals surface area contributed by atoms with Crippen LogP contribution in [0.2, 0.25) is 0 Å². The van der Waals surface area contributed by atoms with Crippen molar-refractivity contribution in [3.63, 3.8) is 0 Å². The Bertz CT molecular complexity index is 314. The Kier molecular flexibility index (Phi) is 3.96. The maximum atomic E-state index is 9.33. The number of hydrogen-bond donors (Lipinski definition) is 2. The fraction of sp³-hybridized carbons (Fsp3) is 0.455. The van der Waals surface area contributed by atoms with Crippen LogP contribution >= 0.6 is 17.0 Å². The number of nitrogens with two attached hydrogens (primary N) is 1. The predicted octanol–water partition coefficient (Wildman–Crippen LogP) is 2.18. The molecule has 1 aliphatic carbocycles. The van der Waals surface area contributed by atoms with Crippen molar-refractivity contribution in [2.45, 2.75) is 31.7 Å². The molecule has 0 saturated heterocycles. The number of rotatable bonds is 0. The lowest BCUT2D eigenvalue weighted by molar-refractivity contribution is 0.474. The molecule has 1 atom stereocenters. The molecule has 1 unspecified atom stereocenters. The van der Waals surface area contributed by atoms with Crippen LogP contribution in [-0.4, -0.2) is 11.1 Å². The molecule has 0 bridgehead atoms. The van der Waals surface area contributed by atoms with Crippen LogP contribution in [0.3, 0.4) is 0 Å². The van der Waals surface area contributed by atoms with Gasteiger partial charge in [0.05, 0.1) is 0 Å². The number of fused-ring (bicyclic) bond motifs is 1. The number of halogens is 1. The molecule has 0 saturated carbocycles. The first-order valence-electron chi connectivity index (χ1n) is 4.82. The van der Waals surface area contributed by atoms with E-state index in [0.29, 0.717) is 5.75 Å². The molecule has 1 aromatic carbocycles. The number of benzene rings is 1. The number of phenols is 1. The second kappa shape index (κ2) is 4.80. The summed E-state index contributed by atoms with van der Waals surface area (Å²) in [7, 11) is 0. The highest BCUT2D eigenvalue weighted by atomic mass is 79.9. The van der Waals surface area contributed by atoms with Crippen molar-refractivity contribution < 1.29 is 5.11 Å². The smallest absolute Gasteiger partial charge is 0.115 e. The van der Waals surface area contributed by atoms with Crippen molar-refractivity contribution in [1.82, 2.24) is 0 Å². The van der Waals surface area contributed by atoms with Crippen LogP contribution in [0.15, 0.2) is 18.2 Å². The van der Waals surface area contributed by atoms with E-state index >= 15 is 0 Å². The normalized spacial score (nSPS) is 20.5. The molecule has 3 heteroatoms. The van der Waals surface area contributed by atoms with E-state index in [4.69, 9.17) is 5.73 Å². The Hall–Kier alpha value is -0.540. The second-order valence-electron chi connectivity index (χ2n) is 3.81. The highest BCUT2D eigenvalue weighted by molar-refractivity contribution is 8.93. The molecular formula is C11H16BrNO. The minimum atomic E-state index is 0. The molecule has 0 fully saturated rings. The van der Waals surface area contributed by atoms with Crippen molar-refractivity contribution in [1.29, 1.82) is 0 Å². The molecule has 0 aromatic heterocycles. The van der Waals surface area contributed by atoms with Gasteiger partial charge < -0.3 is 10.8 Å². The van der Waals surface area contributed by atoms with E-state index in [-0.39, 0.29) is 23.0 Å². The van der Waals surface area contributed by atoms with Crippen LogP contribution in [0.1, 0.15) is 24.0 Å². The molecule has 0 aliphatic heterocycles. The first-order valence-corrected chi connectivity index (χ1v) is 4.82. The SMILES string of the molecule is Br.NC1CCCc2ccc(O)cc2C1. The average Bonchev–Trinajstić information content (AvgIpc) is 2.25. The Labute approximate surface area is 94.9 Å². The third kappa shape index (κ3) is 2.49. The Morgan fingerprint density at radius 2 is 2.07 bits per heavy atom. The van der Waals surface area contributed by atoms with Crippen molar-refractivity contribution in [3.05, 3.63) is 29.3 Å². The summed E-state index contributed by atoms with van der Waals surface area (Å²) in [6, 6.07) is 5.89. The van der Waals surface area contributed by atoms with Gasteiger partial charge in [-0.1, -0.05) is 6.07 Å². The third-order valence-corrected chi connectivity index (χ3v) is 2.69. The number of phenolic OH excluding ortho intramolecular Hbond substituents is 1. The average molecular weight is 258 g/mol. The second-order valence-corrected chi connectivity index (χ2v) is 3.81. The molecular weight excluding hydrogens is 242 g/mol. The largest absolute Gasteiger partial charge is 0.508 e. The van der Waals surface area contributed by atoms with Gasteiger partial charge in [-0.3, -0.25) is 0 Å². The Balaban J connectivity index is 0.000000980. The van der Waals surface area contributed by atoms with Crippen molar-refractivity contribution in [2.24, 2.45) is 5.73 Å². The van der Waals surface area contributed by atoms with Gasteiger partial charge in [0, 0.05) is 6.04 Å². The topological polar surface area (TPSA) is 46.2 Å². The minimum absolute atomic E-state index is 0. The van der Waals surface area contributed by atoms with Gasteiger partial charge in [-0.05, 0) is 48.9 Å². The molecule has 3 N–H and O–H groups in total. The van der Waals surface area contributed by atoms with Gasteiger partial charge in [0.15, 0.2) is 0 Å². The lowest BCUT2D eigenvalue weighted by atomic mass is 10.0. The molecule has 78 valence electrons. The van der Waals surface area contributed by atoms with Gasteiger partial charge in [-0.25, -0.2) is 0 Å². The molecule has 1 aliphatic rings. The van der Waals surface area contributed by atoms with Gasteiger partial charge in [0.1, 0.15) is 5.75 Å². The molecule has 0 amide bonds. The van der Waals surface area contributed by atoms with Crippen LogP contribution in [0.5, 0.6) is 5.75 Å². The summed E-state index contributed by atoms with van der Waals surface area (Å²) < 4.78 is 0. The van der Waals surface area contributed by atoms with Crippen LogP contribution < -0.4 is 5.73 Å². The summed E-state index contributed by atoms with van der Waals surface area (Å²) in [5.41, 5.74) is 8.50. The highest BCUT2D eigenvalue weighted by Gasteiger charge is 2.13. The van der Waals surface area contributed by atoms with Crippen molar-refractivity contribution in [2.75, 3.05) is 0 Å². The molecule has 0 radical (unpaired) electrons. The summed E-state index contributed by atoms with van der Waals surface area (Å²) in [5, 5.41) is 9.33. The molecule has 1 aromatic rings. The lowest BCUT2D eigenvalue weighted by Crippen LogP contribution is -2.21. The standard InChI is InChI=1S/C11H15NO.BrH/c12-10-3-1-2-8-4-5-11(13)7-9(8)6-10;/h4-5,7,10,13H,1-3,6,12H2;1H. The molecule has 2 rings (SSSR count). The van der Waals surface area contributed by atoms with E-state index in [9.17, 15) is 5.11 Å². The maximum absolute atomic E-state index is 9.33. The fourth-order valence-corrected chi connectivity index (χ4v) is 1.99. The van der Waals surface area contributed by atoms with E-state index < -0.39 is 0 Å². The lowest BCUT2D eigenvalue weighted by Gasteiger charge is -2.08. The van der Waals surface area contributed by atoms with E-state index in [2.05, 4.69) is 0 Å². The van der Waals surface area contributed by atoms with Crippen LogP contribution in [0.25, 0.3) is 0 Å². The molecule has 14 heavy (non-hydrogen) atoms. The van der Waals surface area contributed by atoms with E-state index in [0.717, 1.165) is 19.3 Å². The minimum Gasteiger partial charge on any atom is -0.508 e. The van der Waals surface area contributed by atoms with Gasteiger partial charge >= 0.3 is 0 Å². The number of aromatic hydroxyl groups is 1. The van der Waals surface area contributed by atoms with E-state index in [1.807, 2.05) is 12.1 Å². The summed E-state index contributed by atoms with van der Waals surface area (Å²) >= 11 is 0. The Morgan fingerprint density at radius 1 is 1.29 bits per heavy atom. The first-order chi connectivity index (χ1) is 6.25. The summed E-state index contributed by atoms with van der Waals surface area (Å²) in [6.45, 7) is 0. The fourth-order valence-electron chi connectivity index (χ4n) is 1.99. The van der Waals surface area contributed by atoms with Crippen LogP contribution in [0, 0.1) is 0 Å². The maximum Gasteiger partial charge on any atom is 0.115 e. The van der Waals surface area contributed by atoms with Crippen LogP contribution in [0.4, 0.5) is 0 Å². The van der Waals surface area contributed by atoms with Crippen molar-refractivity contribution >= 4 is 17.0 Å². The van der Waals surface area contributed by atoms with Gasteiger partial charge in [0.25, 0.3) is 0 Å². The summed E-state index contributed by atoms with van der Waals surface area (Å²) in [4.78, 5) is 0. The summed E-state index contributed by atoms with van der Waals surface area (Å²) in [5.74, 6) is 0.354. The van der Waals surface area contributed by atoms with Gasteiger partial charge in [-0.2, -0.15) is 0 Å². The zero-order valence-corrected chi connectivity index (χ0v) is 9.78. The molecule has 0 heterocycles. The quantitative estimate of drug-likeness (QED) is 0.700. The third-order valence-electron chi connectivity index (χ3n) is 2.69. The monoisotopic (exact) mass is 257 g/mol. The molecule has 2 nitrogen and oxygen atoms in total. The van der Waals surface area contributed by atoms with Gasteiger partial charge in [0.2, 0.25) is 0 Å². The summed E-state index contributed by atoms with van der Waals surface area (Å²) in [6.07, 6.45) is 4.27. The zero-order valence-electron chi connectivity index (χ0n) is 8.07. The molecule has 0 spiro atoms. The Morgan fingerprint density at radius 3 is 2.86 bits per heavy atom. The zero-order chi connectivity index (χ0) is 9.26. The van der Waals surface area contributed by atoms with E-state index in [1.165, 1.54) is 17.5 Å². The van der Waals surface area contributed by atoms with Crippen molar-refractivity contribution in [3.8, 4) is 5.75 Å². The van der Waals surface area contributed by atoms with Crippen LogP contribution in [-0.2, 0) is 12.8 Å². The predicted molar refractivity (Wildman–Crippen MR) is 63.0 cm³/mol.